The Hall–Kier alpha value is -2.82. The van der Waals surface area contributed by atoms with Gasteiger partial charge < -0.3 is 15.2 Å². The zero-order valence-electron chi connectivity index (χ0n) is 15.4. The van der Waals surface area contributed by atoms with Gasteiger partial charge in [-0.3, -0.25) is 4.79 Å². The summed E-state index contributed by atoms with van der Waals surface area (Å²) >= 11 is 0. The van der Waals surface area contributed by atoms with Crippen LogP contribution in [0.4, 0.5) is 4.79 Å². The third-order valence-corrected chi connectivity index (χ3v) is 4.06. The van der Waals surface area contributed by atoms with Crippen molar-refractivity contribution < 1.29 is 19.4 Å². The number of rotatable bonds is 6. The summed E-state index contributed by atoms with van der Waals surface area (Å²) in [7, 11) is 0. The minimum absolute atomic E-state index is 0.00284. The summed E-state index contributed by atoms with van der Waals surface area (Å²) in [4.78, 5) is 23.3. The number of carboxylic acid groups (broad SMARTS) is 1. The van der Waals surface area contributed by atoms with E-state index in [9.17, 15) is 9.59 Å². The normalized spacial score (nSPS) is 12.3. The van der Waals surface area contributed by atoms with E-state index >= 15 is 0 Å². The van der Waals surface area contributed by atoms with E-state index in [2.05, 4.69) is 26.1 Å². The minimum Gasteiger partial charge on any atom is -0.481 e. The molecule has 0 aliphatic rings. The van der Waals surface area contributed by atoms with E-state index in [1.807, 2.05) is 54.6 Å². The molecular formula is C21H25NO4. The number of aliphatic carboxylic acids is 1. The summed E-state index contributed by atoms with van der Waals surface area (Å²) < 4.78 is 5.20. The van der Waals surface area contributed by atoms with E-state index in [-0.39, 0.29) is 18.4 Å². The number of hydrogen-bond acceptors (Lipinski definition) is 3. The quantitative estimate of drug-likeness (QED) is 0.804. The topological polar surface area (TPSA) is 75.6 Å². The van der Waals surface area contributed by atoms with Crippen molar-refractivity contribution in [3.05, 3.63) is 71.3 Å². The summed E-state index contributed by atoms with van der Waals surface area (Å²) in [5.74, 6) is -0.988. The standard InChI is InChI=1S/C21H25NO4/c1-21(2,3)17-11-9-16(10-12-17)18(13-19(23)24)22-20(25)26-14-15-7-5-4-6-8-15/h4-12,18H,13-14H2,1-3H3,(H,22,25)(H,23,24). The lowest BCUT2D eigenvalue weighted by atomic mass is 9.86. The molecule has 0 bridgehead atoms. The van der Waals surface area contributed by atoms with Gasteiger partial charge in [0.15, 0.2) is 0 Å². The number of ether oxygens (including phenoxy) is 1. The second kappa shape index (κ2) is 8.52. The predicted octanol–water partition coefficient (Wildman–Crippen LogP) is 4.43. The Morgan fingerprint density at radius 2 is 1.65 bits per heavy atom. The largest absolute Gasteiger partial charge is 0.481 e. The van der Waals surface area contributed by atoms with E-state index in [0.717, 1.165) is 16.7 Å². The minimum atomic E-state index is -0.988. The van der Waals surface area contributed by atoms with Gasteiger partial charge in [-0.05, 0) is 22.1 Å². The molecule has 5 heteroatoms. The summed E-state index contributed by atoms with van der Waals surface area (Å²) in [5.41, 5.74) is 2.74. The summed E-state index contributed by atoms with van der Waals surface area (Å²) in [6, 6.07) is 16.3. The molecule has 1 atom stereocenters. The van der Waals surface area contributed by atoms with Crippen molar-refractivity contribution in [3.63, 3.8) is 0 Å². The average molecular weight is 355 g/mol. The third-order valence-electron chi connectivity index (χ3n) is 4.06. The average Bonchev–Trinajstić information content (AvgIpc) is 2.59. The fourth-order valence-electron chi connectivity index (χ4n) is 2.55. The lowest BCUT2D eigenvalue weighted by Crippen LogP contribution is -2.30. The molecule has 0 aliphatic carbocycles. The van der Waals surface area contributed by atoms with E-state index in [1.54, 1.807) is 0 Å². The van der Waals surface area contributed by atoms with Gasteiger partial charge in [-0.25, -0.2) is 4.79 Å². The van der Waals surface area contributed by atoms with Crippen molar-refractivity contribution in [1.82, 2.24) is 5.32 Å². The fourth-order valence-corrected chi connectivity index (χ4v) is 2.55. The van der Waals surface area contributed by atoms with Crippen molar-refractivity contribution in [2.75, 3.05) is 0 Å². The van der Waals surface area contributed by atoms with Crippen LogP contribution in [0.25, 0.3) is 0 Å². The van der Waals surface area contributed by atoms with Crippen LogP contribution in [-0.4, -0.2) is 17.2 Å². The van der Waals surface area contributed by atoms with Gasteiger partial charge in [0.05, 0.1) is 12.5 Å². The Balaban J connectivity index is 2.04. The number of carbonyl (C=O) groups excluding carboxylic acids is 1. The highest BCUT2D eigenvalue weighted by Gasteiger charge is 2.20. The second-order valence-electron chi connectivity index (χ2n) is 7.23. The third kappa shape index (κ3) is 5.92. The van der Waals surface area contributed by atoms with Crippen LogP contribution in [-0.2, 0) is 21.6 Å². The van der Waals surface area contributed by atoms with E-state index in [4.69, 9.17) is 9.84 Å². The van der Waals surface area contributed by atoms with Crippen LogP contribution in [0.5, 0.6) is 0 Å². The molecule has 0 aliphatic heterocycles. The molecule has 0 saturated carbocycles. The van der Waals surface area contributed by atoms with Gasteiger partial charge >= 0.3 is 12.1 Å². The fraction of sp³-hybridized carbons (Fsp3) is 0.333. The molecule has 2 rings (SSSR count). The van der Waals surface area contributed by atoms with Crippen molar-refractivity contribution in [3.8, 4) is 0 Å². The molecular weight excluding hydrogens is 330 g/mol. The van der Waals surface area contributed by atoms with Crippen LogP contribution in [0.15, 0.2) is 54.6 Å². The molecule has 5 nitrogen and oxygen atoms in total. The number of hydrogen-bond donors (Lipinski definition) is 2. The van der Waals surface area contributed by atoms with Crippen molar-refractivity contribution in [2.24, 2.45) is 0 Å². The lowest BCUT2D eigenvalue weighted by molar-refractivity contribution is -0.137. The molecule has 0 fully saturated rings. The van der Waals surface area contributed by atoms with Gasteiger partial charge in [0.25, 0.3) is 0 Å². The zero-order valence-corrected chi connectivity index (χ0v) is 15.4. The number of carbonyl (C=O) groups is 2. The van der Waals surface area contributed by atoms with Gasteiger partial charge in [-0.1, -0.05) is 75.4 Å². The van der Waals surface area contributed by atoms with Crippen LogP contribution in [0, 0.1) is 0 Å². The smallest absolute Gasteiger partial charge is 0.407 e. The number of nitrogens with one attached hydrogen (secondary N) is 1. The van der Waals surface area contributed by atoms with Gasteiger partial charge in [0, 0.05) is 0 Å². The van der Waals surface area contributed by atoms with Crippen LogP contribution < -0.4 is 5.32 Å². The number of benzene rings is 2. The Labute approximate surface area is 154 Å². The first kappa shape index (κ1) is 19.5. The summed E-state index contributed by atoms with van der Waals surface area (Å²) in [5, 5.41) is 11.8. The van der Waals surface area contributed by atoms with Crippen molar-refractivity contribution in [2.45, 2.75) is 45.3 Å². The maximum absolute atomic E-state index is 12.1. The molecule has 2 aromatic rings. The highest BCUT2D eigenvalue weighted by molar-refractivity contribution is 5.72. The van der Waals surface area contributed by atoms with Crippen molar-refractivity contribution >= 4 is 12.1 Å². The van der Waals surface area contributed by atoms with Crippen LogP contribution in [0.2, 0.25) is 0 Å². The SMILES string of the molecule is CC(C)(C)c1ccc(C(CC(=O)O)NC(=O)OCc2ccccc2)cc1. The van der Waals surface area contributed by atoms with Crippen molar-refractivity contribution in [1.29, 1.82) is 0 Å². The maximum Gasteiger partial charge on any atom is 0.407 e. The molecule has 26 heavy (non-hydrogen) atoms. The van der Waals surface area contributed by atoms with Crippen LogP contribution >= 0.6 is 0 Å². The number of alkyl carbamates (subject to hydrolysis) is 1. The Bertz CT molecular complexity index is 733. The van der Waals surface area contributed by atoms with Gasteiger partial charge in [0.1, 0.15) is 6.61 Å². The molecule has 0 heterocycles. The zero-order chi connectivity index (χ0) is 19.2. The highest BCUT2D eigenvalue weighted by Crippen LogP contribution is 2.25. The first-order chi connectivity index (χ1) is 12.3. The first-order valence-electron chi connectivity index (χ1n) is 8.55. The van der Waals surface area contributed by atoms with E-state index in [0.29, 0.717) is 0 Å². The molecule has 0 aromatic heterocycles. The van der Waals surface area contributed by atoms with Crippen LogP contribution in [0.3, 0.4) is 0 Å². The van der Waals surface area contributed by atoms with Gasteiger partial charge in [-0.2, -0.15) is 0 Å². The number of carboxylic acids is 1. The van der Waals surface area contributed by atoms with Crippen LogP contribution in [0.1, 0.15) is 49.9 Å². The first-order valence-corrected chi connectivity index (χ1v) is 8.55. The summed E-state index contributed by atoms with van der Waals surface area (Å²) in [6.45, 7) is 6.46. The molecule has 0 spiro atoms. The monoisotopic (exact) mass is 355 g/mol. The van der Waals surface area contributed by atoms with Gasteiger partial charge in [0.2, 0.25) is 0 Å². The molecule has 138 valence electrons. The van der Waals surface area contributed by atoms with Gasteiger partial charge in [-0.15, -0.1) is 0 Å². The molecule has 0 saturated heterocycles. The maximum atomic E-state index is 12.1. The molecule has 2 aromatic carbocycles. The number of amides is 1. The molecule has 1 amide bonds. The lowest BCUT2D eigenvalue weighted by Gasteiger charge is -2.21. The predicted molar refractivity (Wildman–Crippen MR) is 99.9 cm³/mol. The Kier molecular flexibility index (Phi) is 6.39. The highest BCUT2D eigenvalue weighted by atomic mass is 16.5. The summed E-state index contributed by atoms with van der Waals surface area (Å²) in [6.07, 6.45) is -0.852. The molecule has 2 N–H and O–H groups in total. The Morgan fingerprint density at radius 3 is 2.19 bits per heavy atom. The Morgan fingerprint density at radius 1 is 1.04 bits per heavy atom. The molecule has 0 radical (unpaired) electrons. The molecule has 1 unspecified atom stereocenters. The second-order valence-corrected chi connectivity index (χ2v) is 7.23. The van der Waals surface area contributed by atoms with E-state index in [1.165, 1.54) is 0 Å². The van der Waals surface area contributed by atoms with E-state index < -0.39 is 18.1 Å².